The molecule has 0 spiro atoms. The van der Waals surface area contributed by atoms with Gasteiger partial charge in [-0.2, -0.15) is 0 Å². The number of halogens is 2. The molecule has 8 heteroatoms. The van der Waals surface area contributed by atoms with E-state index in [1.54, 1.807) is 6.07 Å². The van der Waals surface area contributed by atoms with Crippen molar-refractivity contribution in [3.8, 4) is 0 Å². The van der Waals surface area contributed by atoms with Crippen LogP contribution in [0.5, 0.6) is 0 Å². The van der Waals surface area contributed by atoms with E-state index in [2.05, 4.69) is 42.2 Å². The van der Waals surface area contributed by atoms with Crippen LogP contribution in [0.25, 0.3) is 0 Å². The molecule has 1 aromatic heterocycles. The molecule has 0 saturated carbocycles. The van der Waals surface area contributed by atoms with Crippen molar-refractivity contribution in [1.29, 1.82) is 0 Å². The second kappa shape index (κ2) is 5.77. The van der Waals surface area contributed by atoms with Crippen LogP contribution in [0.1, 0.15) is 17.4 Å². The summed E-state index contributed by atoms with van der Waals surface area (Å²) in [4.78, 5) is 26.3. The number of nitrogens with zero attached hydrogens (tertiary/aromatic N) is 1. The van der Waals surface area contributed by atoms with E-state index in [1.807, 2.05) is 0 Å². The van der Waals surface area contributed by atoms with E-state index >= 15 is 0 Å². The molecule has 1 atom stereocenters. The van der Waals surface area contributed by atoms with E-state index in [0.29, 0.717) is 8.95 Å². The molecule has 0 aliphatic carbocycles. The minimum Gasteiger partial charge on any atom is -0.479 e. The van der Waals surface area contributed by atoms with Gasteiger partial charge in [0.05, 0.1) is 11.0 Å². The number of carbonyl (C=O) groups is 2. The summed E-state index contributed by atoms with van der Waals surface area (Å²) in [6.07, 6.45) is 1.44. The highest BCUT2D eigenvalue weighted by molar-refractivity contribution is 9.11. The quantitative estimate of drug-likeness (QED) is 0.727. The molecule has 0 radical (unpaired) electrons. The van der Waals surface area contributed by atoms with Gasteiger partial charge in [-0.3, -0.25) is 4.79 Å². The van der Waals surface area contributed by atoms with Crippen molar-refractivity contribution >= 4 is 43.7 Å². The smallest absolute Gasteiger partial charge is 0.337 e. The molecule has 98 valence electrons. The van der Waals surface area contributed by atoms with Gasteiger partial charge >= 0.3 is 5.97 Å². The second-order valence-electron chi connectivity index (χ2n) is 3.75. The van der Waals surface area contributed by atoms with Gasteiger partial charge in [-0.25, -0.2) is 9.78 Å². The van der Waals surface area contributed by atoms with Gasteiger partial charge in [0, 0.05) is 10.7 Å². The van der Waals surface area contributed by atoms with Crippen LogP contribution in [0.4, 0.5) is 0 Å². The lowest BCUT2D eigenvalue weighted by atomic mass is 10.1. The Morgan fingerprint density at radius 1 is 1.50 bits per heavy atom. The third-order valence-corrected chi connectivity index (χ3v) is 3.11. The zero-order valence-corrected chi connectivity index (χ0v) is 12.4. The minimum atomic E-state index is -2.02. The monoisotopic (exact) mass is 380 g/mol. The molecule has 3 N–H and O–H groups in total. The summed E-state index contributed by atoms with van der Waals surface area (Å²) in [6, 6.07) is 1.64. The van der Waals surface area contributed by atoms with Crippen molar-refractivity contribution in [3.63, 3.8) is 0 Å². The van der Waals surface area contributed by atoms with Crippen LogP contribution in [0.2, 0.25) is 0 Å². The predicted octanol–water partition coefficient (Wildman–Crippen LogP) is 1.17. The standard InChI is InChI=1S/C10H10Br2N2O4/c1-10(18,9(16)17)4-14-8(15)7-6(12)2-5(11)3-13-7/h2-3,18H,4H2,1H3,(H,14,15)(H,16,17). The van der Waals surface area contributed by atoms with Gasteiger partial charge in [-0.15, -0.1) is 0 Å². The number of rotatable bonds is 4. The average Bonchev–Trinajstić information content (AvgIpc) is 2.25. The first kappa shape index (κ1) is 15.1. The lowest BCUT2D eigenvalue weighted by Gasteiger charge is -2.18. The van der Waals surface area contributed by atoms with E-state index in [9.17, 15) is 14.7 Å². The molecule has 1 heterocycles. The van der Waals surface area contributed by atoms with Crippen molar-refractivity contribution in [2.24, 2.45) is 0 Å². The van der Waals surface area contributed by atoms with Gasteiger partial charge in [-0.05, 0) is 44.8 Å². The van der Waals surface area contributed by atoms with E-state index in [4.69, 9.17) is 5.11 Å². The predicted molar refractivity (Wildman–Crippen MR) is 70.2 cm³/mol. The fourth-order valence-electron chi connectivity index (χ4n) is 0.993. The number of aliphatic hydroxyl groups is 1. The number of amides is 1. The molecule has 6 nitrogen and oxygen atoms in total. The van der Waals surface area contributed by atoms with Crippen molar-refractivity contribution in [2.45, 2.75) is 12.5 Å². The third kappa shape index (κ3) is 3.76. The maximum atomic E-state index is 11.7. The van der Waals surface area contributed by atoms with E-state index < -0.39 is 24.0 Å². The Kier molecular flexibility index (Phi) is 4.83. The van der Waals surface area contributed by atoms with Crippen LogP contribution in [-0.2, 0) is 4.79 Å². The number of aromatic nitrogens is 1. The molecule has 0 aliphatic heterocycles. The number of nitrogens with one attached hydrogen (secondary N) is 1. The highest BCUT2D eigenvalue weighted by Gasteiger charge is 2.30. The molecule has 1 rings (SSSR count). The van der Waals surface area contributed by atoms with E-state index in [0.717, 1.165) is 6.92 Å². The Morgan fingerprint density at radius 3 is 2.61 bits per heavy atom. The molecule has 18 heavy (non-hydrogen) atoms. The van der Waals surface area contributed by atoms with Gasteiger partial charge < -0.3 is 15.5 Å². The molecule has 0 aromatic carbocycles. The molecule has 1 unspecified atom stereocenters. The van der Waals surface area contributed by atoms with Gasteiger partial charge in [0.15, 0.2) is 5.60 Å². The fraction of sp³-hybridized carbons (Fsp3) is 0.300. The van der Waals surface area contributed by atoms with Gasteiger partial charge in [0.2, 0.25) is 0 Å². The normalized spacial score (nSPS) is 13.8. The van der Waals surface area contributed by atoms with Crippen LogP contribution >= 0.6 is 31.9 Å². The third-order valence-electron chi connectivity index (χ3n) is 2.08. The summed E-state index contributed by atoms with van der Waals surface area (Å²) < 4.78 is 1.16. The second-order valence-corrected chi connectivity index (χ2v) is 5.52. The number of pyridine rings is 1. The number of carboxylic acids is 1. The number of aliphatic carboxylic acids is 1. The largest absolute Gasteiger partial charge is 0.479 e. The number of hydrogen-bond acceptors (Lipinski definition) is 4. The molecular formula is C10H10Br2N2O4. The first-order chi connectivity index (χ1) is 8.24. The van der Waals surface area contributed by atoms with Gasteiger partial charge in [0.25, 0.3) is 5.91 Å². The molecule has 0 aliphatic rings. The van der Waals surface area contributed by atoms with Gasteiger partial charge in [0.1, 0.15) is 5.69 Å². The molecule has 0 bridgehead atoms. The van der Waals surface area contributed by atoms with Crippen LogP contribution in [0.15, 0.2) is 21.2 Å². The summed E-state index contributed by atoms with van der Waals surface area (Å²) >= 11 is 6.36. The minimum absolute atomic E-state index is 0.111. The lowest BCUT2D eigenvalue weighted by Crippen LogP contribution is -2.46. The molecule has 1 aromatic rings. The molecular weight excluding hydrogens is 372 g/mol. The summed E-state index contributed by atoms with van der Waals surface area (Å²) in [5, 5.41) is 20.4. The van der Waals surface area contributed by atoms with Gasteiger partial charge in [-0.1, -0.05) is 0 Å². The summed E-state index contributed by atoms with van der Waals surface area (Å²) in [6.45, 7) is 0.686. The molecule has 0 fully saturated rings. The number of hydrogen-bond donors (Lipinski definition) is 3. The Bertz CT molecular complexity index is 491. The SMILES string of the molecule is CC(O)(CNC(=O)c1ncc(Br)cc1Br)C(=O)O. The van der Waals surface area contributed by atoms with Crippen LogP contribution in [-0.4, -0.2) is 39.2 Å². The lowest BCUT2D eigenvalue weighted by molar-refractivity contribution is -0.155. The van der Waals surface area contributed by atoms with Crippen molar-refractivity contribution in [1.82, 2.24) is 10.3 Å². The number of carboxylic acid groups (broad SMARTS) is 1. The molecule has 1 amide bonds. The highest BCUT2D eigenvalue weighted by Crippen LogP contribution is 2.19. The first-order valence-electron chi connectivity index (χ1n) is 4.79. The van der Waals surface area contributed by atoms with Crippen molar-refractivity contribution in [2.75, 3.05) is 6.54 Å². The Morgan fingerprint density at radius 2 is 2.11 bits per heavy atom. The van der Waals surface area contributed by atoms with Crippen molar-refractivity contribution in [3.05, 3.63) is 26.9 Å². The Balaban J connectivity index is 2.75. The summed E-state index contributed by atoms with van der Waals surface area (Å²) in [5.74, 6) is -1.98. The average molecular weight is 382 g/mol. The molecule has 0 saturated heterocycles. The number of carbonyl (C=O) groups excluding carboxylic acids is 1. The van der Waals surface area contributed by atoms with E-state index in [1.165, 1.54) is 6.20 Å². The van der Waals surface area contributed by atoms with Crippen LogP contribution < -0.4 is 5.32 Å². The first-order valence-corrected chi connectivity index (χ1v) is 6.37. The zero-order chi connectivity index (χ0) is 13.9. The van der Waals surface area contributed by atoms with Crippen LogP contribution in [0.3, 0.4) is 0 Å². The topological polar surface area (TPSA) is 99.5 Å². The Labute approximate surface area is 120 Å². The highest BCUT2D eigenvalue weighted by atomic mass is 79.9. The maximum absolute atomic E-state index is 11.7. The maximum Gasteiger partial charge on any atom is 0.337 e. The summed E-state index contributed by atoms with van der Waals surface area (Å²) in [5.41, 5.74) is -1.91. The Hall–Kier alpha value is -0.990. The summed E-state index contributed by atoms with van der Waals surface area (Å²) in [7, 11) is 0. The van der Waals surface area contributed by atoms with Crippen molar-refractivity contribution < 1.29 is 19.8 Å². The fourth-order valence-corrected chi connectivity index (χ4v) is 2.16. The van der Waals surface area contributed by atoms with Crippen LogP contribution in [0, 0.1) is 0 Å². The zero-order valence-electron chi connectivity index (χ0n) is 9.28. The van der Waals surface area contributed by atoms with E-state index in [-0.39, 0.29) is 5.69 Å².